The van der Waals surface area contributed by atoms with E-state index < -0.39 is 10.0 Å². The highest BCUT2D eigenvalue weighted by molar-refractivity contribution is 7.92. The summed E-state index contributed by atoms with van der Waals surface area (Å²) in [4.78, 5) is 2.38. The number of rotatable bonds is 4. The fourth-order valence-corrected chi connectivity index (χ4v) is 4.87. The third-order valence-corrected chi connectivity index (χ3v) is 6.91. The zero-order valence-corrected chi connectivity index (χ0v) is 17.3. The molecule has 0 aliphatic carbocycles. The van der Waals surface area contributed by atoms with E-state index in [1.165, 1.54) is 18.2 Å². The third kappa shape index (κ3) is 3.78. The van der Waals surface area contributed by atoms with Crippen LogP contribution in [0.15, 0.2) is 59.5 Å². The number of benzene rings is 3. The van der Waals surface area contributed by atoms with Crippen molar-refractivity contribution >= 4 is 55.4 Å². The van der Waals surface area contributed by atoms with Crippen molar-refractivity contribution in [2.24, 2.45) is 0 Å². The van der Waals surface area contributed by atoms with Crippen LogP contribution in [0.3, 0.4) is 0 Å². The summed E-state index contributed by atoms with van der Waals surface area (Å²) in [5.41, 5.74) is 1.63. The molecule has 8 heteroatoms. The maximum Gasteiger partial charge on any atom is 0.261 e. The Balaban J connectivity index is 1.74. The first-order valence-corrected chi connectivity index (χ1v) is 11.1. The van der Waals surface area contributed by atoms with Crippen molar-refractivity contribution < 1.29 is 8.42 Å². The highest BCUT2D eigenvalue weighted by Gasteiger charge is 2.19. The van der Waals surface area contributed by atoms with Crippen molar-refractivity contribution in [1.29, 1.82) is 0 Å². The van der Waals surface area contributed by atoms with E-state index in [2.05, 4.69) is 14.9 Å². The maximum absolute atomic E-state index is 12.9. The average molecular weight is 436 g/mol. The lowest BCUT2D eigenvalue weighted by Crippen LogP contribution is -2.43. The molecule has 1 heterocycles. The average Bonchev–Trinajstić information content (AvgIpc) is 2.71. The van der Waals surface area contributed by atoms with Gasteiger partial charge in [-0.3, -0.25) is 4.72 Å². The van der Waals surface area contributed by atoms with Crippen LogP contribution in [0.1, 0.15) is 0 Å². The SMILES string of the molecule is O=S(=O)(Nc1ccc(N2CCNCC2)c2ccccc12)c1ccc(Cl)c(Cl)c1. The van der Waals surface area contributed by atoms with Gasteiger partial charge in [0.1, 0.15) is 0 Å². The summed E-state index contributed by atoms with van der Waals surface area (Å²) < 4.78 is 28.4. The first kappa shape index (κ1) is 19.3. The van der Waals surface area contributed by atoms with Gasteiger partial charge in [0.15, 0.2) is 0 Å². The molecule has 0 amide bonds. The van der Waals surface area contributed by atoms with Crippen molar-refractivity contribution in [3.63, 3.8) is 0 Å². The minimum atomic E-state index is -3.80. The second-order valence-electron chi connectivity index (χ2n) is 6.60. The number of fused-ring (bicyclic) bond motifs is 1. The molecule has 3 aromatic carbocycles. The van der Waals surface area contributed by atoms with Crippen molar-refractivity contribution in [1.82, 2.24) is 5.32 Å². The molecule has 4 rings (SSSR count). The molecule has 1 aliphatic heterocycles. The van der Waals surface area contributed by atoms with Gasteiger partial charge < -0.3 is 10.2 Å². The number of nitrogens with one attached hydrogen (secondary N) is 2. The number of halogens is 2. The number of piperazine rings is 1. The van der Waals surface area contributed by atoms with Gasteiger partial charge in [-0.25, -0.2) is 8.42 Å². The number of anilines is 2. The number of sulfonamides is 1. The van der Waals surface area contributed by atoms with Gasteiger partial charge in [0.2, 0.25) is 0 Å². The fraction of sp³-hybridized carbons (Fsp3) is 0.200. The van der Waals surface area contributed by atoms with Crippen LogP contribution >= 0.6 is 23.2 Å². The Labute approximate surface area is 174 Å². The molecule has 0 radical (unpaired) electrons. The van der Waals surface area contributed by atoms with Crippen LogP contribution < -0.4 is 14.9 Å². The van der Waals surface area contributed by atoms with Crippen molar-refractivity contribution in [3.05, 3.63) is 64.6 Å². The van der Waals surface area contributed by atoms with Crippen LogP contribution in [-0.2, 0) is 10.0 Å². The van der Waals surface area contributed by atoms with E-state index in [0.717, 1.165) is 42.6 Å². The second kappa shape index (κ2) is 7.79. The highest BCUT2D eigenvalue weighted by Crippen LogP contribution is 2.34. The van der Waals surface area contributed by atoms with Gasteiger partial charge in [0, 0.05) is 42.6 Å². The van der Waals surface area contributed by atoms with Gasteiger partial charge in [-0.2, -0.15) is 0 Å². The molecule has 5 nitrogen and oxygen atoms in total. The fourth-order valence-electron chi connectivity index (χ4n) is 3.40. The normalized spacial score (nSPS) is 15.0. The van der Waals surface area contributed by atoms with Gasteiger partial charge in [-0.05, 0) is 30.3 Å². The molecular formula is C20H19Cl2N3O2S. The zero-order valence-electron chi connectivity index (χ0n) is 15.0. The maximum atomic E-state index is 12.9. The molecule has 28 heavy (non-hydrogen) atoms. The predicted molar refractivity (Wildman–Crippen MR) is 116 cm³/mol. The van der Waals surface area contributed by atoms with Crippen molar-refractivity contribution in [3.8, 4) is 0 Å². The molecule has 0 saturated carbocycles. The summed E-state index contributed by atoms with van der Waals surface area (Å²) in [6.45, 7) is 3.69. The van der Waals surface area contributed by atoms with E-state index >= 15 is 0 Å². The van der Waals surface area contributed by atoms with Crippen LogP contribution in [0.5, 0.6) is 0 Å². The molecule has 1 saturated heterocycles. The summed E-state index contributed by atoms with van der Waals surface area (Å²) in [6, 6.07) is 15.9. The Morgan fingerprint density at radius 3 is 2.32 bits per heavy atom. The van der Waals surface area contributed by atoms with E-state index in [4.69, 9.17) is 23.2 Å². The molecule has 0 spiro atoms. The molecule has 0 unspecified atom stereocenters. The first-order valence-electron chi connectivity index (χ1n) is 8.91. The van der Waals surface area contributed by atoms with Gasteiger partial charge in [-0.1, -0.05) is 47.5 Å². The quantitative estimate of drug-likeness (QED) is 0.638. The molecule has 0 bridgehead atoms. The zero-order chi connectivity index (χ0) is 19.7. The Bertz CT molecular complexity index is 1130. The molecular weight excluding hydrogens is 417 g/mol. The lowest BCUT2D eigenvalue weighted by Gasteiger charge is -2.30. The Morgan fingerprint density at radius 1 is 0.893 bits per heavy atom. The summed E-state index contributed by atoms with van der Waals surface area (Å²) in [5, 5.41) is 5.72. The smallest absolute Gasteiger partial charge is 0.261 e. The lowest BCUT2D eigenvalue weighted by molar-refractivity contribution is 0.590. The standard InChI is InChI=1S/C20H19Cl2N3O2S/c21-17-6-5-14(13-18(17)22)28(26,27)24-19-7-8-20(25-11-9-23-10-12-25)16-4-2-1-3-15(16)19/h1-8,13,23-24H,9-12H2. The predicted octanol–water partition coefficient (Wildman–Crippen LogP) is 4.36. The van der Waals surface area contributed by atoms with E-state index in [1.54, 1.807) is 0 Å². The number of nitrogens with zero attached hydrogens (tertiary/aromatic N) is 1. The van der Waals surface area contributed by atoms with Crippen LogP contribution in [0.4, 0.5) is 11.4 Å². The molecule has 0 atom stereocenters. The topological polar surface area (TPSA) is 61.4 Å². The van der Waals surface area contributed by atoms with Crippen LogP contribution in [0, 0.1) is 0 Å². The van der Waals surface area contributed by atoms with Crippen LogP contribution in [0.2, 0.25) is 10.0 Å². The van der Waals surface area contributed by atoms with Crippen LogP contribution in [-0.4, -0.2) is 34.6 Å². The van der Waals surface area contributed by atoms with E-state index in [9.17, 15) is 8.42 Å². The first-order chi connectivity index (χ1) is 13.5. The Morgan fingerprint density at radius 2 is 1.61 bits per heavy atom. The molecule has 2 N–H and O–H groups in total. The molecule has 0 aromatic heterocycles. The highest BCUT2D eigenvalue weighted by atomic mass is 35.5. The minimum Gasteiger partial charge on any atom is -0.368 e. The van der Waals surface area contributed by atoms with Gasteiger partial charge in [-0.15, -0.1) is 0 Å². The minimum absolute atomic E-state index is 0.0668. The second-order valence-corrected chi connectivity index (χ2v) is 9.09. The number of hydrogen-bond donors (Lipinski definition) is 2. The van der Waals surface area contributed by atoms with Crippen molar-refractivity contribution in [2.45, 2.75) is 4.90 Å². The van der Waals surface area contributed by atoms with E-state index in [0.29, 0.717) is 10.7 Å². The van der Waals surface area contributed by atoms with Crippen molar-refractivity contribution in [2.75, 3.05) is 35.8 Å². The van der Waals surface area contributed by atoms with E-state index in [-0.39, 0.29) is 9.92 Å². The summed E-state index contributed by atoms with van der Waals surface area (Å²) in [7, 11) is -3.80. The largest absolute Gasteiger partial charge is 0.368 e. The summed E-state index contributed by atoms with van der Waals surface area (Å²) in [6.07, 6.45) is 0. The monoisotopic (exact) mass is 435 g/mol. The van der Waals surface area contributed by atoms with E-state index in [1.807, 2.05) is 36.4 Å². The van der Waals surface area contributed by atoms with Crippen LogP contribution in [0.25, 0.3) is 10.8 Å². The van der Waals surface area contributed by atoms with Gasteiger partial charge in [0.05, 0.1) is 20.6 Å². The molecule has 3 aromatic rings. The third-order valence-electron chi connectivity index (χ3n) is 4.80. The van der Waals surface area contributed by atoms with Gasteiger partial charge >= 0.3 is 0 Å². The number of hydrogen-bond acceptors (Lipinski definition) is 4. The van der Waals surface area contributed by atoms with Gasteiger partial charge in [0.25, 0.3) is 10.0 Å². The lowest BCUT2D eigenvalue weighted by atomic mass is 10.1. The summed E-state index contributed by atoms with van der Waals surface area (Å²) >= 11 is 11.9. The molecule has 146 valence electrons. The molecule has 1 aliphatic rings. The summed E-state index contributed by atoms with van der Waals surface area (Å²) in [5.74, 6) is 0. The Hall–Kier alpha value is -1.99. The Kier molecular flexibility index (Phi) is 5.38. The molecule has 1 fully saturated rings.